The van der Waals surface area contributed by atoms with Gasteiger partial charge in [-0.1, -0.05) is 25.9 Å². The summed E-state index contributed by atoms with van der Waals surface area (Å²) in [4.78, 5) is 24.4. The van der Waals surface area contributed by atoms with Crippen LogP contribution < -0.4 is 16.0 Å². The monoisotopic (exact) mass is 360 g/mol. The number of carbonyl (C=O) groups is 2. The van der Waals surface area contributed by atoms with E-state index in [1.54, 1.807) is 23.7 Å². The molecule has 2 atom stereocenters. The molecule has 1 aliphatic rings. The second-order valence-electron chi connectivity index (χ2n) is 7.63. The zero-order chi connectivity index (χ0) is 19.1. The van der Waals surface area contributed by atoms with E-state index in [0.29, 0.717) is 18.0 Å². The lowest BCUT2D eigenvalue weighted by Gasteiger charge is -2.30. The molecule has 3 rings (SSSR count). The first-order chi connectivity index (χ1) is 12.1. The summed E-state index contributed by atoms with van der Waals surface area (Å²) >= 11 is 0. The van der Waals surface area contributed by atoms with E-state index in [1.165, 1.54) is 0 Å². The minimum atomic E-state index is -0.545. The minimum absolute atomic E-state index is 0.00206. The second-order valence-corrected chi connectivity index (χ2v) is 7.63. The average molecular weight is 360 g/mol. The summed E-state index contributed by atoms with van der Waals surface area (Å²) < 4.78 is 6.54. The molecule has 2 amide bonds. The summed E-state index contributed by atoms with van der Waals surface area (Å²) in [6.45, 7) is 9.73. The molecule has 0 aliphatic carbocycles. The molecule has 3 heterocycles. The van der Waals surface area contributed by atoms with Gasteiger partial charge < -0.3 is 15.2 Å². The third kappa shape index (κ3) is 3.77. The fourth-order valence-electron chi connectivity index (χ4n) is 2.70. The van der Waals surface area contributed by atoms with Gasteiger partial charge in [0.15, 0.2) is 12.0 Å². The fourth-order valence-corrected chi connectivity index (χ4v) is 2.70. The molecule has 0 bridgehead atoms. The standard InChI is InChI=1S/C17H24N6O3/c1-9-6-14(24)20-16(18-9)23-13(8-12(21-23)17(3,4)5)19-15(25)11-7-10(2)26-22-11/h7-9,16,18H,6H2,1-5H3,(H,19,25)(H,20,24). The van der Waals surface area contributed by atoms with E-state index in [9.17, 15) is 9.59 Å². The molecule has 1 saturated heterocycles. The lowest BCUT2D eigenvalue weighted by Crippen LogP contribution is -2.52. The van der Waals surface area contributed by atoms with Gasteiger partial charge in [0.05, 0.1) is 5.69 Å². The summed E-state index contributed by atoms with van der Waals surface area (Å²) in [5.74, 6) is 0.540. The number of amides is 2. The lowest BCUT2D eigenvalue weighted by molar-refractivity contribution is -0.125. The first-order valence-corrected chi connectivity index (χ1v) is 8.53. The molecule has 0 radical (unpaired) electrons. The molecule has 2 aromatic heterocycles. The minimum Gasteiger partial charge on any atom is -0.361 e. The first-order valence-electron chi connectivity index (χ1n) is 8.53. The molecule has 1 fully saturated rings. The van der Waals surface area contributed by atoms with Crippen LogP contribution in [0, 0.1) is 6.92 Å². The quantitative estimate of drug-likeness (QED) is 0.767. The summed E-state index contributed by atoms with van der Waals surface area (Å²) in [5, 5.41) is 17.3. The van der Waals surface area contributed by atoms with Crippen molar-refractivity contribution in [1.82, 2.24) is 25.6 Å². The highest BCUT2D eigenvalue weighted by atomic mass is 16.5. The van der Waals surface area contributed by atoms with E-state index in [0.717, 1.165) is 5.69 Å². The summed E-state index contributed by atoms with van der Waals surface area (Å²) in [6.07, 6.45) is -0.152. The van der Waals surface area contributed by atoms with Crippen LogP contribution in [0.2, 0.25) is 0 Å². The SMILES string of the molecule is Cc1cc(C(=O)Nc2cc(C(C)(C)C)nn2C2NC(=O)CC(C)N2)no1. The molecule has 2 aromatic rings. The van der Waals surface area contributed by atoms with Crippen LogP contribution in [0.3, 0.4) is 0 Å². The van der Waals surface area contributed by atoms with Crippen LogP contribution in [-0.4, -0.2) is 32.8 Å². The Balaban J connectivity index is 1.93. The third-order valence-electron chi connectivity index (χ3n) is 4.08. The summed E-state index contributed by atoms with van der Waals surface area (Å²) in [5.41, 5.74) is 0.749. The van der Waals surface area contributed by atoms with Gasteiger partial charge in [0.25, 0.3) is 5.91 Å². The molecule has 2 unspecified atom stereocenters. The normalized spacial score (nSPS) is 20.7. The van der Waals surface area contributed by atoms with Gasteiger partial charge in [-0.25, -0.2) is 4.68 Å². The van der Waals surface area contributed by atoms with E-state index in [-0.39, 0.29) is 23.1 Å². The number of nitrogens with zero attached hydrogens (tertiary/aromatic N) is 3. The predicted molar refractivity (Wildman–Crippen MR) is 94.5 cm³/mol. The van der Waals surface area contributed by atoms with Crippen molar-refractivity contribution in [3.05, 3.63) is 29.3 Å². The van der Waals surface area contributed by atoms with E-state index in [2.05, 4.69) is 26.2 Å². The molecule has 26 heavy (non-hydrogen) atoms. The fraction of sp³-hybridized carbons (Fsp3) is 0.529. The van der Waals surface area contributed by atoms with Gasteiger partial charge >= 0.3 is 0 Å². The van der Waals surface area contributed by atoms with Crippen molar-refractivity contribution in [2.24, 2.45) is 0 Å². The second kappa shape index (κ2) is 6.56. The Morgan fingerprint density at radius 2 is 2.12 bits per heavy atom. The van der Waals surface area contributed by atoms with Crippen LogP contribution in [-0.2, 0) is 10.2 Å². The van der Waals surface area contributed by atoms with E-state index < -0.39 is 12.2 Å². The Labute approximate surface area is 151 Å². The van der Waals surface area contributed by atoms with Crippen LogP contribution in [0.5, 0.6) is 0 Å². The number of hydrogen-bond donors (Lipinski definition) is 3. The lowest BCUT2D eigenvalue weighted by atomic mass is 9.92. The molecule has 0 aromatic carbocycles. The van der Waals surface area contributed by atoms with Crippen molar-refractivity contribution in [3.8, 4) is 0 Å². The van der Waals surface area contributed by atoms with Crippen molar-refractivity contribution in [1.29, 1.82) is 0 Å². The van der Waals surface area contributed by atoms with Crippen LogP contribution in [0.25, 0.3) is 0 Å². The molecule has 3 N–H and O–H groups in total. The van der Waals surface area contributed by atoms with Crippen molar-refractivity contribution in [3.63, 3.8) is 0 Å². The number of aryl methyl sites for hydroxylation is 1. The number of carbonyl (C=O) groups excluding carboxylic acids is 2. The van der Waals surface area contributed by atoms with Gasteiger partial charge in [-0.2, -0.15) is 5.10 Å². The number of aromatic nitrogens is 3. The van der Waals surface area contributed by atoms with Crippen molar-refractivity contribution in [2.75, 3.05) is 5.32 Å². The largest absolute Gasteiger partial charge is 0.361 e. The van der Waals surface area contributed by atoms with E-state index in [1.807, 2.05) is 27.7 Å². The van der Waals surface area contributed by atoms with Crippen molar-refractivity contribution < 1.29 is 14.1 Å². The maximum atomic E-state index is 12.5. The third-order valence-corrected chi connectivity index (χ3v) is 4.08. The van der Waals surface area contributed by atoms with Gasteiger partial charge in [0.1, 0.15) is 11.6 Å². The molecule has 0 spiro atoms. The molecule has 140 valence electrons. The molecular formula is C17H24N6O3. The number of anilines is 1. The van der Waals surface area contributed by atoms with Crippen molar-refractivity contribution >= 4 is 17.6 Å². The maximum absolute atomic E-state index is 12.5. The zero-order valence-corrected chi connectivity index (χ0v) is 15.6. The predicted octanol–water partition coefficient (Wildman–Crippen LogP) is 1.68. The van der Waals surface area contributed by atoms with E-state index in [4.69, 9.17) is 4.52 Å². The summed E-state index contributed by atoms with van der Waals surface area (Å²) in [7, 11) is 0. The highest BCUT2D eigenvalue weighted by molar-refractivity contribution is 6.02. The van der Waals surface area contributed by atoms with Crippen LogP contribution in [0.4, 0.5) is 5.82 Å². The van der Waals surface area contributed by atoms with Crippen molar-refractivity contribution in [2.45, 2.75) is 58.8 Å². The highest BCUT2D eigenvalue weighted by Gasteiger charge is 2.29. The Bertz CT molecular complexity index is 832. The van der Waals surface area contributed by atoms with E-state index >= 15 is 0 Å². The van der Waals surface area contributed by atoms with Crippen LogP contribution >= 0.6 is 0 Å². The highest BCUT2D eigenvalue weighted by Crippen LogP contribution is 2.26. The Morgan fingerprint density at radius 3 is 2.69 bits per heavy atom. The van der Waals surface area contributed by atoms with Gasteiger partial charge in [-0.05, 0) is 13.8 Å². The molecule has 1 aliphatic heterocycles. The van der Waals surface area contributed by atoms with Gasteiger partial charge in [-0.3, -0.25) is 14.9 Å². The number of rotatable bonds is 3. The molecule has 9 nitrogen and oxygen atoms in total. The van der Waals surface area contributed by atoms with Crippen LogP contribution in [0.15, 0.2) is 16.7 Å². The Hall–Kier alpha value is -2.68. The van der Waals surface area contributed by atoms with Gasteiger partial charge in [0.2, 0.25) is 5.91 Å². The van der Waals surface area contributed by atoms with Gasteiger partial charge in [-0.15, -0.1) is 0 Å². The Morgan fingerprint density at radius 1 is 1.38 bits per heavy atom. The smallest absolute Gasteiger partial charge is 0.278 e. The molecular weight excluding hydrogens is 336 g/mol. The average Bonchev–Trinajstić information content (AvgIpc) is 3.12. The number of nitrogens with one attached hydrogen (secondary N) is 3. The Kier molecular flexibility index (Phi) is 4.57. The van der Waals surface area contributed by atoms with Crippen LogP contribution in [0.1, 0.15) is 62.3 Å². The van der Waals surface area contributed by atoms with Gasteiger partial charge in [0, 0.05) is 30.0 Å². The maximum Gasteiger partial charge on any atom is 0.278 e. The zero-order valence-electron chi connectivity index (χ0n) is 15.6. The first kappa shape index (κ1) is 18.1. The summed E-state index contributed by atoms with van der Waals surface area (Å²) in [6, 6.07) is 3.36. The number of hydrogen-bond acceptors (Lipinski definition) is 6. The molecule has 0 saturated carbocycles. The topological polar surface area (TPSA) is 114 Å². The molecule has 9 heteroatoms.